The second-order valence-electron chi connectivity index (χ2n) is 7.43. The van der Waals surface area contributed by atoms with Crippen molar-refractivity contribution in [2.45, 2.75) is 39.2 Å². The van der Waals surface area contributed by atoms with Crippen LogP contribution in [0.1, 0.15) is 40.8 Å². The van der Waals surface area contributed by atoms with Gasteiger partial charge in [-0.25, -0.2) is 4.79 Å². The van der Waals surface area contributed by atoms with Crippen molar-refractivity contribution in [2.24, 2.45) is 0 Å². The number of hydrogen-bond acceptors (Lipinski definition) is 5. The molecular formula is C21H24N4O5. The van der Waals surface area contributed by atoms with Gasteiger partial charge in [0.1, 0.15) is 17.1 Å². The van der Waals surface area contributed by atoms with E-state index in [1.165, 1.54) is 0 Å². The zero-order valence-corrected chi connectivity index (χ0v) is 17.1. The first kappa shape index (κ1) is 21.1. The summed E-state index contributed by atoms with van der Waals surface area (Å²) in [7, 11) is 0. The minimum Gasteiger partial charge on any atom is -0.466 e. The second kappa shape index (κ2) is 8.40. The summed E-state index contributed by atoms with van der Waals surface area (Å²) in [6, 6.07) is 10.4. The molecule has 3 N–H and O–H groups in total. The van der Waals surface area contributed by atoms with Crippen LogP contribution >= 0.6 is 0 Å². The molecule has 1 aliphatic heterocycles. The van der Waals surface area contributed by atoms with Gasteiger partial charge in [-0.05, 0) is 45.2 Å². The number of carbonyl (C=O) groups excluding carboxylic acids is 4. The third-order valence-electron chi connectivity index (χ3n) is 4.95. The van der Waals surface area contributed by atoms with Crippen molar-refractivity contribution in [3.63, 3.8) is 0 Å². The second-order valence-corrected chi connectivity index (χ2v) is 7.43. The lowest BCUT2D eigenvalue weighted by molar-refractivity contribution is -0.138. The minimum atomic E-state index is -1.13. The third-order valence-corrected chi connectivity index (χ3v) is 4.95. The van der Waals surface area contributed by atoms with Crippen LogP contribution in [-0.2, 0) is 16.0 Å². The van der Waals surface area contributed by atoms with E-state index in [2.05, 4.69) is 16.1 Å². The lowest BCUT2D eigenvalue weighted by atomic mass is 9.93. The number of imide groups is 1. The molecule has 1 atom stereocenters. The Morgan fingerprint density at radius 2 is 1.87 bits per heavy atom. The van der Waals surface area contributed by atoms with Gasteiger partial charge < -0.3 is 15.1 Å². The molecule has 9 heteroatoms. The molecular weight excluding hydrogens is 388 g/mol. The molecule has 1 aromatic carbocycles. The first-order valence-electron chi connectivity index (χ1n) is 9.55. The number of hydrogen-bond donors (Lipinski definition) is 3. The van der Waals surface area contributed by atoms with Crippen LogP contribution in [0.15, 0.2) is 40.8 Å². The summed E-state index contributed by atoms with van der Waals surface area (Å²) in [6.07, 6.45) is 0.967. The van der Waals surface area contributed by atoms with E-state index in [0.717, 1.165) is 5.56 Å². The Balaban J connectivity index is 1.54. The fourth-order valence-corrected chi connectivity index (χ4v) is 3.27. The maximum atomic E-state index is 12.7. The molecule has 5 amide bonds. The van der Waals surface area contributed by atoms with E-state index in [9.17, 15) is 19.2 Å². The number of carbonyl (C=O) groups is 4. The molecule has 0 spiro atoms. The first-order valence-corrected chi connectivity index (χ1v) is 9.55. The quantitative estimate of drug-likeness (QED) is 0.597. The van der Waals surface area contributed by atoms with Gasteiger partial charge in [0.05, 0.1) is 12.1 Å². The van der Waals surface area contributed by atoms with E-state index in [4.69, 9.17) is 4.42 Å². The smallest absolute Gasteiger partial charge is 0.344 e. The molecule has 3 rings (SSSR count). The van der Waals surface area contributed by atoms with Crippen LogP contribution in [0.2, 0.25) is 0 Å². The van der Waals surface area contributed by atoms with Gasteiger partial charge in [-0.3, -0.25) is 19.8 Å². The van der Waals surface area contributed by atoms with Gasteiger partial charge in [0, 0.05) is 0 Å². The van der Waals surface area contributed by atoms with E-state index >= 15 is 0 Å². The monoisotopic (exact) mass is 412 g/mol. The molecule has 1 fully saturated rings. The van der Waals surface area contributed by atoms with Crippen LogP contribution in [-0.4, -0.2) is 40.8 Å². The number of amides is 5. The first-order chi connectivity index (χ1) is 14.2. The standard InChI is InChI=1S/C21H24N4O5/c1-13-11-16(14(2)30-13)18(27)22-12-17(26)24-25-19(28)21(3,23-20(25)29)10-9-15-7-5-4-6-8-15/h4-8,11H,9-10,12H2,1-3H3,(H,22,27)(H,23,29)(H,24,26). The highest BCUT2D eigenvalue weighted by atomic mass is 16.3. The minimum absolute atomic E-state index is 0.323. The Bertz CT molecular complexity index is 985. The SMILES string of the molecule is Cc1cc(C(=O)NCC(=O)NN2C(=O)NC(C)(CCc3ccccc3)C2=O)c(C)o1. The number of nitrogens with zero attached hydrogens (tertiary/aromatic N) is 1. The average Bonchev–Trinajstić information content (AvgIpc) is 3.16. The number of nitrogens with one attached hydrogen (secondary N) is 3. The average molecular weight is 412 g/mol. The highest BCUT2D eigenvalue weighted by molar-refractivity contribution is 6.08. The van der Waals surface area contributed by atoms with E-state index in [1.807, 2.05) is 30.3 Å². The summed E-state index contributed by atoms with van der Waals surface area (Å²) in [5.41, 5.74) is 2.48. The molecule has 1 aromatic heterocycles. The third kappa shape index (κ3) is 4.51. The summed E-state index contributed by atoms with van der Waals surface area (Å²) in [5.74, 6) is -0.712. The van der Waals surface area contributed by atoms with Crippen molar-refractivity contribution in [3.8, 4) is 0 Å². The Kier molecular flexibility index (Phi) is 5.91. The zero-order valence-electron chi connectivity index (χ0n) is 17.1. The van der Waals surface area contributed by atoms with Gasteiger partial charge in [0.15, 0.2) is 0 Å². The van der Waals surface area contributed by atoms with Gasteiger partial charge in [0.25, 0.3) is 17.7 Å². The van der Waals surface area contributed by atoms with Crippen LogP contribution in [0.5, 0.6) is 0 Å². The maximum Gasteiger partial charge on any atom is 0.344 e. The van der Waals surface area contributed by atoms with Crippen LogP contribution in [0.25, 0.3) is 0 Å². The predicted molar refractivity (Wildman–Crippen MR) is 107 cm³/mol. The number of rotatable bonds is 7. The van der Waals surface area contributed by atoms with E-state index in [-0.39, 0.29) is 0 Å². The van der Waals surface area contributed by atoms with Crippen LogP contribution in [0, 0.1) is 13.8 Å². The molecule has 1 aliphatic rings. The topological polar surface area (TPSA) is 121 Å². The van der Waals surface area contributed by atoms with Crippen LogP contribution < -0.4 is 16.1 Å². The van der Waals surface area contributed by atoms with Gasteiger partial charge in [-0.2, -0.15) is 5.01 Å². The van der Waals surface area contributed by atoms with Gasteiger partial charge in [-0.1, -0.05) is 30.3 Å². The van der Waals surface area contributed by atoms with Crippen molar-refractivity contribution in [1.29, 1.82) is 0 Å². The normalized spacial score (nSPS) is 18.3. The molecule has 0 radical (unpaired) electrons. The predicted octanol–water partition coefficient (Wildman–Crippen LogP) is 1.60. The highest BCUT2D eigenvalue weighted by Gasteiger charge is 2.48. The number of hydrazine groups is 1. The van der Waals surface area contributed by atoms with Crippen LogP contribution in [0.3, 0.4) is 0 Å². The summed E-state index contributed by atoms with van der Waals surface area (Å²) in [6.45, 7) is 4.57. The van der Waals surface area contributed by atoms with Crippen molar-refractivity contribution in [2.75, 3.05) is 6.54 Å². The number of benzene rings is 1. The molecule has 30 heavy (non-hydrogen) atoms. The molecule has 0 saturated carbocycles. The van der Waals surface area contributed by atoms with Gasteiger partial charge in [-0.15, -0.1) is 0 Å². The van der Waals surface area contributed by atoms with Gasteiger partial charge in [0.2, 0.25) is 0 Å². The summed E-state index contributed by atoms with van der Waals surface area (Å²) in [4.78, 5) is 49.3. The Labute approximate surface area is 173 Å². The fourth-order valence-electron chi connectivity index (χ4n) is 3.27. The molecule has 2 aromatic rings. The lowest BCUT2D eigenvalue weighted by Gasteiger charge is -2.21. The lowest BCUT2D eigenvalue weighted by Crippen LogP contribution is -2.51. The Hall–Kier alpha value is -3.62. The Morgan fingerprint density at radius 1 is 1.17 bits per heavy atom. The summed E-state index contributed by atoms with van der Waals surface area (Å²) < 4.78 is 5.29. The zero-order chi connectivity index (χ0) is 21.9. The maximum absolute atomic E-state index is 12.7. The summed E-state index contributed by atoms with van der Waals surface area (Å²) in [5, 5.41) is 5.73. The molecule has 1 saturated heterocycles. The van der Waals surface area contributed by atoms with Gasteiger partial charge >= 0.3 is 6.03 Å². The number of aryl methyl sites for hydroxylation is 3. The molecule has 0 aliphatic carbocycles. The largest absolute Gasteiger partial charge is 0.466 e. The number of furan rings is 1. The molecule has 158 valence electrons. The molecule has 2 heterocycles. The van der Waals surface area contributed by atoms with E-state index < -0.39 is 35.8 Å². The number of urea groups is 1. The van der Waals surface area contributed by atoms with Crippen molar-refractivity contribution >= 4 is 23.8 Å². The van der Waals surface area contributed by atoms with E-state index in [0.29, 0.717) is 34.9 Å². The molecule has 0 bridgehead atoms. The van der Waals surface area contributed by atoms with Crippen molar-refractivity contribution in [1.82, 2.24) is 21.1 Å². The van der Waals surface area contributed by atoms with E-state index in [1.54, 1.807) is 26.8 Å². The molecule has 9 nitrogen and oxygen atoms in total. The summed E-state index contributed by atoms with van der Waals surface area (Å²) >= 11 is 0. The Morgan fingerprint density at radius 3 is 2.50 bits per heavy atom. The molecule has 1 unspecified atom stereocenters. The van der Waals surface area contributed by atoms with Crippen molar-refractivity contribution in [3.05, 3.63) is 59.0 Å². The van der Waals surface area contributed by atoms with Crippen LogP contribution in [0.4, 0.5) is 4.79 Å². The highest BCUT2D eigenvalue weighted by Crippen LogP contribution is 2.22. The fraction of sp³-hybridized carbons (Fsp3) is 0.333. The van der Waals surface area contributed by atoms with Crippen molar-refractivity contribution < 1.29 is 23.6 Å².